The van der Waals surface area contributed by atoms with Gasteiger partial charge in [-0.15, -0.1) is 11.3 Å². The summed E-state index contributed by atoms with van der Waals surface area (Å²) in [6.45, 7) is 2.51. The molecule has 1 heterocycles. The molecule has 18 heavy (non-hydrogen) atoms. The Morgan fingerprint density at radius 1 is 1.39 bits per heavy atom. The number of rotatable bonds is 5. The monoisotopic (exact) mass is 281 g/mol. The van der Waals surface area contributed by atoms with E-state index in [1.807, 2.05) is 36.6 Å². The van der Waals surface area contributed by atoms with Gasteiger partial charge in [0.05, 0.1) is 27.4 Å². The number of nitrogens with two attached hydrogens (primary N) is 1. The average Bonchev–Trinajstić information content (AvgIpc) is 2.86. The highest BCUT2D eigenvalue weighted by Crippen LogP contribution is 2.25. The number of ether oxygens (including phenoxy) is 1. The minimum absolute atomic E-state index is 0.431. The minimum Gasteiger partial charge on any atom is -0.494 e. The lowest BCUT2D eigenvalue weighted by molar-refractivity contribution is 0.337. The standard InChI is InChI=1S/C13H15NO2S2/c1-2-16-12-6-5-11(14)8-10(12)9-18(15)13-4-3-7-17-13/h3-8H,2,9,14H2,1H3. The maximum Gasteiger partial charge on any atom is 0.123 e. The Morgan fingerprint density at radius 2 is 2.22 bits per heavy atom. The van der Waals surface area contributed by atoms with E-state index >= 15 is 0 Å². The van der Waals surface area contributed by atoms with Crippen molar-refractivity contribution in [2.24, 2.45) is 0 Å². The molecule has 96 valence electrons. The van der Waals surface area contributed by atoms with Gasteiger partial charge >= 0.3 is 0 Å². The number of benzene rings is 1. The van der Waals surface area contributed by atoms with Crippen LogP contribution in [0.1, 0.15) is 12.5 Å². The molecule has 5 heteroatoms. The highest BCUT2D eigenvalue weighted by Gasteiger charge is 2.11. The third kappa shape index (κ3) is 3.11. The lowest BCUT2D eigenvalue weighted by atomic mass is 10.2. The summed E-state index contributed by atoms with van der Waals surface area (Å²) >= 11 is 1.50. The van der Waals surface area contributed by atoms with Crippen LogP contribution in [0.5, 0.6) is 5.75 Å². The van der Waals surface area contributed by atoms with Crippen LogP contribution in [-0.4, -0.2) is 10.8 Å². The molecule has 0 aliphatic rings. The fraction of sp³-hybridized carbons (Fsp3) is 0.231. The van der Waals surface area contributed by atoms with Crippen LogP contribution < -0.4 is 10.5 Å². The quantitative estimate of drug-likeness (QED) is 0.857. The van der Waals surface area contributed by atoms with Crippen LogP contribution in [0.3, 0.4) is 0 Å². The van der Waals surface area contributed by atoms with E-state index in [1.54, 1.807) is 6.07 Å². The molecule has 1 aromatic carbocycles. The van der Waals surface area contributed by atoms with Crippen molar-refractivity contribution in [2.75, 3.05) is 12.3 Å². The molecule has 0 saturated heterocycles. The molecule has 0 spiro atoms. The van der Waals surface area contributed by atoms with Gasteiger partial charge in [-0.1, -0.05) is 6.07 Å². The topological polar surface area (TPSA) is 52.3 Å². The van der Waals surface area contributed by atoms with Crippen molar-refractivity contribution in [2.45, 2.75) is 16.9 Å². The van der Waals surface area contributed by atoms with E-state index in [0.717, 1.165) is 15.5 Å². The smallest absolute Gasteiger partial charge is 0.123 e. The van der Waals surface area contributed by atoms with Crippen LogP contribution in [0.15, 0.2) is 39.9 Å². The number of anilines is 1. The molecule has 1 atom stereocenters. The first-order valence-electron chi connectivity index (χ1n) is 5.63. The molecule has 0 saturated carbocycles. The van der Waals surface area contributed by atoms with Gasteiger partial charge in [-0.3, -0.25) is 4.21 Å². The third-order valence-electron chi connectivity index (χ3n) is 2.39. The summed E-state index contributed by atoms with van der Waals surface area (Å²) in [5, 5.41) is 1.93. The molecule has 0 aliphatic heterocycles. The van der Waals surface area contributed by atoms with Crippen molar-refractivity contribution in [1.29, 1.82) is 0 Å². The summed E-state index contributed by atoms with van der Waals surface area (Å²) in [7, 11) is -1.04. The Balaban J connectivity index is 2.22. The predicted octanol–water partition coefficient (Wildman–Crippen LogP) is 3.04. The maximum atomic E-state index is 12.2. The Kier molecular flexibility index (Phi) is 4.38. The molecule has 0 fully saturated rings. The predicted molar refractivity (Wildman–Crippen MR) is 76.5 cm³/mol. The van der Waals surface area contributed by atoms with Crippen molar-refractivity contribution in [3.8, 4) is 5.75 Å². The molecule has 0 bridgehead atoms. The van der Waals surface area contributed by atoms with Crippen LogP contribution in [0.25, 0.3) is 0 Å². The summed E-state index contributed by atoms with van der Waals surface area (Å²) in [6.07, 6.45) is 0. The number of hydrogen-bond acceptors (Lipinski definition) is 4. The van der Waals surface area contributed by atoms with Crippen LogP contribution in [0, 0.1) is 0 Å². The minimum atomic E-state index is -1.04. The summed E-state index contributed by atoms with van der Waals surface area (Å²) in [5.41, 5.74) is 7.32. The van der Waals surface area contributed by atoms with Gasteiger partial charge in [0.25, 0.3) is 0 Å². The van der Waals surface area contributed by atoms with Gasteiger partial charge in [0, 0.05) is 11.3 Å². The van der Waals surface area contributed by atoms with Gasteiger partial charge in [-0.25, -0.2) is 0 Å². The van der Waals surface area contributed by atoms with E-state index in [2.05, 4.69) is 0 Å². The number of hydrogen-bond donors (Lipinski definition) is 1. The van der Waals surface area contributed by atoms with E-state index in [-0.39, 0.29) is 0 Å². The summed E-state index contributed by atoms with van der Waals surface area (Å²) in [4.78, 5) is 0. The second-order valence-corrected chi connectivity index (χ2v) is 6.35. The van der Waals surface area contributed by atoms with E-state index in [0.29, 0.717) is 18.0 Å². The highest BCUT2D eigenvalue weighted by atomic mass is 32.2. The lowest BCUT2D eigenvalue weighted by Crippen LogP contribution is -2.01. The fourth-order valence-electron chi connectivity index (χ4n) is 1.61. The average molecular weight is 281 g/mol. The van der Waals surface area contributed by atoms with Crippen molar-refractivity contribution in [3.63, 3.8) is 0 Å². The van der Waals surface area contributed by atoms with Crippen molar-refractivity contribution in [3.05, 3.63) is 41.3 Å². The molecule has 2 N–H and O–H groups in total. The first kappa shape index (κ1) is 13.1. The molecule has 2 aromatic rings. The Morgan fingerprint density at radius 3 is 2.89 bits per heavy atom. The first-order valence-corrected chi connectivity index (χ1v) is 7.83. The molecule has 0 amide bonds. The van der Waals surface area contributed by atoms with Gasteiger partial charge in [0.2, 0.25) is 0 Å². The van der Waals surface area contributed by atoms with Gasteiger partial charge in [-0.05, 0) is 36.6 Å². The van der Waals surface area contributed by atoms with Crippen molar-refractivity contribution >= 4 is 27.8 Å². The number of nitrogen functional groups attached to an aromatic ring is 1. The molecule has 0 aliphatic carbocycles. The molecule has 0 radical (unpaired) electrons. The molecule has 1 aromatic heterocycles. The van der Waals surface area contributed by atoms with Crippen LogP contribution in [-0.2, 0) is 16.6 Å². The van der Waals surface area contributed by atoms with Crippen LogP contribution in [0.4, 0.5) is 5.69 Å². The molecule has 1 unspecified atom stereocenters. The van der Waals surface area contributed by atoms with Gasteiger partial charge < -0.3 is 10.5 Å². The summed E-state index contributed by atoms with van der Waals surface area (Å²) in [6, 6.07) is 9.24. The second-order valence-electron chi connectivity index (χ2n) is 3.72. The third-order valence-corrected chi connectivity index (χ3v) is 5.06. The Hall–Kier alpha value is -1.33. The Labute approximate surface area is 113 Å². The van der Waals surface area contributed by atoms with E-state index in [9.17, 15) is 4.21 Å². The SMILES string of the molecule is CCOc1ccc(N)cc1CS(=O)c1cccs1. The summed E-state index contributed by atoms with van der Waals surface area (Å²) in [5.74, 6) is 1.19. The fourth-order valence-corrected chi connectivity index (χ4v) is 3.72. The molecule has 2 rings (SSSR count). The zero-order valence-corrected chi connectivity index (χ0v) is 11.7. The van der Waals surface area contributed by atoms with Gasteiger partial charge in [0.1, 0.15) is 5.75 Å². The van der Waals surface area contributed by atoms with Gasteiger partial charge in [0.15, 0.2) is 0 Å². The normalized spacial score (nSPS) is 12.3. The molecule has 3 nitrogen and oxygen atoms in total. The number of thiophene rings is 1. The van der Waals surface area contributed by atoms with E-state index < -0.39 is 10.8 Å². The zero-order valence-electron chi connectivity index (χ0n) is 10.1. The zero-order chi connectivity index (χ0) is 13.0. The first-order chi connectivity index (χ1) is 8.70. The molecular formula is C13H15NO2S2. The van der Waals surface area contributed by atoms with Gasteiger partial charge in [-0.2, -0.15) is 0 Å². The van der Waals surface area contributed by atoms with Crippen LogP contribution >= 0.6 is 11.3 Å². The van der Waals surface area contributed by atoms with Crippen molar-refractivity contribution < 1.29 is 8.95 Å². The summed E-state index contributed by atoms with van der Waals surface area (Å²) < 4.78 is 18.6. The van der Waals surface area contributed by atoms with Crippen LogP contribution in [0.2, 0.25) is 0 Å². The van der Waals surface area contributed by atoms with E-state index in [1.165, 1.54) is 11.3 Å². The highest BCUT2D eigenvalue weighted by molar-refractivity contribution is 7.86. The van der Waals surface area contributed by atoms with E-state index in [4.69, 9.17) is 10.5 Å². The second kappa shape index (κ2) is 6.02. The maximum absolute atomic E-state index is 12.2. The van der Waals surface area contributed by atoms with Crippen molar-refractivity contribution in [1.82, 2.24) is 0 Å². The Bertz CT molecular complexity index is 538. The lowest BCUT2D eigenvalue weighted by Gasteiger charge is -2.10. The molecular weight excluding hydrogens is 266 g/mol. The largest absolute Gasteiger partial charge is 0.494 e.